The molecule has 0 amide bonds. The Bertz CT molecular complexity index is 1120. The first-order chi connectivity index (χ1) is 13.6. The van der Waals surface area contributed by atoms with E-state index in [0.717, 1.165) is 6.20 Å². The lowest BCUT2D eigenvalue weighted by atomic mass is 10.2. The maximum atomic E-state index is 14.0. The van der Waals surface area contributed by atoms with Crippen LogP contribution < -0.4 is 5.56 Å². The van der Waals surface area contributed by atoms with Gasteiger partial charge in [0, 0.05) is 11.6 Å². The third-order valence-corrected chi connectivity index (χ3v) is 3.71. The molecule has 4 aromatic rings. The Kier molecular flexibility index (Phi) is 5.73. The predicted molar refractivity (Wildman–Crippen MR) is 98.4 cm³/mol. The number of benzene rings is 1. The van der Waals surface area contributed by atoms with Crippen molar-refractivity contribution >= 4 is 0 Å². The highest BCUT2D eigenvalue weighted by atomic mass is 19.1. The summed E-state index contributed by atoms with van der Waals surface area (Å²) < 4.78 is 33.9. The third-order valence-electron chi connectivity index (χ3n) is 3.71. The van der Waals surface area contributed by atoms with Crippen molar-refractivity contribution in [1.29, 1.82) is 0 Å². The Morgan fingerprint density at radius 3 is 2.61 bits per heavy atom. The van der Waals surface area contributed by atoms with Crippen LogP contribution in [0.15, 0.2) is 58.2 Å². The molecule has 144 valence electrons. The van der Waals surface area contributed by atoms with E-state index in [1.807, 2.05) is 13.8 Å². The molecule has 0 atom stereocenters. The fourth-order valence-corrected chi connectivity index (χ4v) is 2.47. The molecule has 9 heteroatoms. The van der Waals surface area contributed by atoms with E-state index >= 15 is 0 Å². The van der Waals surface area contributed by atoms with Gasteiger partial charge in [-0.05, 0) is 6.07 Å². The van der Waals surface area contributed by atoms with Gasteiger partial charge < -0.3 is 9.40 Å². The smallest absolute Gasteiger partial charge is 0.287 e. The van der Waals surface area contributed by atoms with E-state index in [1.54, 1.807) is 24.3 Å². The van der Waals surface area contributed by atoms with Gasteiger partial charge in [0.15, 0.2) is 5.82 Å². The van der Waals surface area contributed by atoms with Gasteiger partial charge in [-0.25, -0.2) is 14.4 Å². The van der Waals surface area contributed by atoms with E-state index in [2.05, 4.69) is 20.1 Å². The van der Waals surface area contributed by atoms with E-state index < -0.39 is 11.4 Å². The lowest BCUT2D eigenvalue weighted by molar-refractivity contribution is 0.553. The van der Waals surface area contributed by atoms with Crippen LogP contribution >= 0.6 is 0 Å². The summed E-state index contributed by atoms with van der Waals surface area (Å²) in [5.41, 5.74) is 0.235. The van der Waals surface area contributed by atoms with Gasteiger partial charge >= 0.3 is 0 Å². The van der Waals surface area contributed by atoms with Gasteiger partial charge in [0.2, 0.25) is 11.7 Å². The van der Waals surface area contributed by atoms with E-state index in [1.165, 1.54) is 23.2 Å². The van der Waals surface area contributed by atoms with Crippen molar-refractivity contribution in [3.05, 3.63) is 76.5 Å². The SMILES string of the molecule is CC.O=c1[nH]c(-c2cc(-c3ncco3)n(Cc3ccccc3F)n2)ncc1F. The van der Waals surface area contributed by atoms with Gasteiger partial charge in [-0.2, -0.15) is 9.49 Å². The fourth-order valence-electron chi connectivity index (χ4n) is 2.47. The summed E-state index contributed by atoms with van der Waals surface area (Å²) in [5, 5.41) is 4.34. The number of H-pyrrole nitrogens is 1. The maximum Gasteiger partial charge on any atom is 0.287 e. The Hall–Kier alpha value is -3.62. The van der Waals surface area contributed by atoms with Crippen LogP contribution in [0.25, 0.3) is 23.1 Å². The molecule has 3 heterocycles. The van der Waals surface area contributed by atoms with Gasteiger partial charge in [-0.1, -0.05) is 32.0 Å². The van der Waals surface area contributed by atoms with Crippen molar-refractivity contribution in [3.8, 4) is 23.1 Å². The number of aromatic amines is 1. The van der Waals surface area contributed by atoms with E-state index in [0.29, 0.717) is 11.3 Å². The molecule has 4 rings (SSSR count). The van der Waals surface area contributed by atoms with E-state index in [9.17, 15) is 13.6 Å². The van der Waals surface area contributed by atoms with Crippen molar-refractivity contribution in [2.45, 2.75) is 20.4 Å². The first-order valence-corrected chi connectivity index (χ1v) is 8.58. The molecule has 7 nitrogen and oxygen atoms in total. The Balaban J connectivity index is 0.00000109. The Labute approximate surface area is 158 Å². The number of nitrogens with one attached hydrogen (secondary N) is 1. The van der Waals surface area contributed by atoms with Crippen LogP contribution in [0.5, 0.6) is 0 Å². The molecule has 0 aliphatic rings. The quantitative estimate of drug-likeness (QED) is 0.579. The van der Waals surface area contributed by atoms with Crippen LogP contribution in [0.4, 0.5) is 8.78 Å². The minimum absolute atomic E-state index is 0.0801. The normalized spacial score (nSPS) is 10.4. The van der Waals surface area contributed by atoms with Gasteiger partial charge in [0.1, 0.15) is 23.5 Å². The highest BCUT2D eigenvalue weighted by Gasteiger charge is 2.17. The Morgan fingerprint density at radius 2 is 1.93 bits per heavy atom. The third kappa shape index (κ3) is 3.88. The van der Waals surface area contributed by atoms with E-state index in [4.69, 9.17) is 4.42 Å². The number of hydrogen-bond acceptors (Lipinski definition) is 5. The molecule has 0 aliphatic carbocycles. The molecule has 0 aliphatic heterocycles. The van der Waals surface area contributed by atoms with E-state index in [-0.39, 0.29) is 29.8 Å². The van der Waals surface area contributed by atoms with Crippen LogP contribution in [0, 0.1) is 11.6 Å². The topological polar surface area (TPSA) is 89.6 Å². The standard InChI is InChI=1S/C17H11F2N5O2.C2H6/c18-11-4-2-1-3-10(11)9-24-14(17-20-5-6-26-17)7-13(23-24)15-21-8-12(19)16(25)22-15;1-2/h1-8H,9H2,(H,21,22,25);1-2H3. The highest BCUT2D eigenvalue weighted by molar-refractivity contribution is 5.59. The van der Waals surface area contributed by atoms with Crippen molar-refractivity contribution in [2.75, 3.05) is 0 Å². The van der Waals surface area contributed by atoms with Crippen molar-refractivity contribution in [2.24, 2.45) is 0 Å². The molecule has 0 radical (unpaired) electrons. The van der Waals surface area contributed by atoms with Gasteiger partial charge in [-0.3, -0.25) is 9.48 Å². The van der Waals surface area contributed by atoms with Crippen LogP contribution in [-0.4, -0.2) is 24.7 Å². The molecule has 0 bridgehead atoms. The lowest BCUT2D eigenvalue weighted by Crippen LogP contribution is -2.12. The molecule has 0 saturated carbocycles. The zero-order valence-electron chi connectivity index (χ0n) is 15.2. The van der Waals surface area contributed by atoms with Gasteiger partial charge in [0.05, 0.1) is 18.9 Å². The number of nitrogens with zero attached hydrogens (tertiary/aromatic N) is 4. The molecule has 1 N–H and O–H groups in total. The largest absolute Gasteiger partial charge is 0.443 e. The molecule has 0 spiro atoms. The summed E-state index contributed by atoms with van der Waals surface area (Å²) in [7, 11) is 0. The van der Waals surface area contributed by atoms with Gasteiger partial charge in [0.25, 0.3) is 5.56 Å². The molecule has 1 aromatic carbocycles. The second kappa shape index (κ2) is 8.38. The minimum Gasteiger partial charge on any atom is -0.443 e. The first-order valence-electron chi connectivity index (χ1n) is 8.58. The summed E-state index contributed by atoms with van der Waals surface area (Å²) >= 11 is 0. The maximum absolute atomic E-state index is 14.0. The van der Waals surface area contributed by atoms with Crippen molar-refractivity contribution in [1.82, 2.24) is 24.7 Å². The number of hydrogen-bond donors (Lipinski definition) is 1. The fraction of sp³-hybridized carbons (Fsp3) is 0.158. The zero-order valence-corrected chi connectivity index (χ0v) is 15.2. The average Bonchev–Trinajstić information content (AvgIpc) is 3.37. The minimum atomic E-state index is -0.993. The summed E-state index contributed by atoms with van der Waals surface area (Å²) in [6, 6.07) is 7.86. The van der Waals surface area contributed by atoms with Gasteiger partial charge in [-0.15, -0.1) is 0 Å². The Morgan fingerprint density at radius 1 is 1.14 bits per heavy atom. The number of halogens is 2. The molecule has 3 aromatic heterocycles. The number of aromatic nitrogens is 5. The lowest BCUT2D eigenvalue weighted by Gasteiger charge is -2.06. The summed E-state index contributed by atoms with van der Waals surface area (Å²) in [5.74, 6) is -1.02. The average molecular weight is 385 g/mol. The number of rotatable bonds is 4. The number of oxazole rings is 1. The second-order valence-corrected chi connectivity index (χ2v) is 5.41. The molecule has 0 fully saturated rings. The highest BCUT2D eigenvalue weighted by Crippen LogP contribution is 2.24. The van der Waals surface area contributed by atoms with Crippen LogP contribution in [-0.2, 0) is 6.54 Å². The monoisotopic (exact) mass is 385 g/mol. The van der Waals surface area contributed by atoms with Crippen molar-refractivity contribution in [3.63, 3.8) is 0 Å². The molecular weight excluding hydrogens is 368 g/mol. The molecule has 28 heavy (non-hydrogen) atoms. The summed E-state index contributed by atoms with van der Waals surface area (Å²) in [4.78, 5) is 21.7. The predicted octanol–water partition coefficient (Wildman–Crippen LogP) is 3.64. The second-order valence-electron chi connectivity index (χ2n) is 5.41. The summed E-state index contributed by atoms with van der Waals surface area (Å²) in [6.45, 7) is 4.11. The molecule has 0 saturated heterocycles. The van der Waals surface area contributed by atoms with Crippen LogP contribution in [0.1, 0.15) is 19.4 Å². The summed E-state index contributed by atoms with van der Waals surface area (Å²) in [6.07, 6.45) is 3.68. The van der Waals surface area contributed by atoms with Crippen LogP contribution in [0.3, 0.4) is 0 Å². The van der Waals surface area contributed by atoms with Crippen LogP contribution in [0.2, 0.25) is 0 Å². The molecular formula is C19H17F2N5O2. The first kappa shape index (κ1) is 19.2. The van der Waals surface area contributed by atoms with Crippen molar-refractivity contribution < 1.29 is 13.2 Å². The zero-order chi connectivity index (χ0) is 20.1. The molecule has 0 unspecified atom stereocenters.